The van der Waals surface area contributed by atoms with Crippen molar-refractivity contribution >= 4 is 39.8 Å². The normalized spacial score (nSPS) is 10.7. The number of hydrogen-bond acceptors (Lipinski definition) is 8. The number of carbonyl (C=O) groups excluding carboxylic acids is 2. The van der Waals surface area contributed by atoms with E-state index in [0.29, 0.717) is 16.6 Å². The van der Waals surface area contributed by atoms with Gasteiger partial charge in [0.25, 0.3) is 11.5 Å². The minimum atomic E-state index is -0.770. The number of ether oxygens (including phenoxy) is 1. The summed E-state index contributed by atoms with van der Waals surface area (Å²) in [5.41, 5.74) is 2.23. The Morgan fingerprint density at radius 2 is 2.00 bits per heavy atom. The maximum atomic E-state index is 12.4. The van der Waals surface area contributed by atoms with E-state index in [4.69, 9.17) is 4.74 Å². The number of benzene rings is 2. The van der Waals surface area contributed by atoms with E-state index in [9.17, 15) is 14.4 Å². The number of hydrogen-bond donors (Lipinski definition) is 1. The van der Waals surface area contributed by atoms with Crippen molar-refractivity contribution < 1.29 is 14.3 Å². The highest BCUT2D eigenvalue weighted by Crippen LogP contribution is 2.24. The van der Waals surface area contributed by atoms with Gasteiger partial charge in [-0.25, -0.2) is 4.98 Å². The SMILES string of the molecule is Cc1nc(-c2cccc(NC(=O)COC(=O)Cn3nnc4ccccc4c3=O)c2)cs1. The van der Waals surface area contributed by atoms with Crippen LogP contribution in [0.5, 0.6) is 0 Å². The number of aryl methyl sites for hydroxylation is 1. The van der Waals surface area contributed by atoms with Crippen LogP contribution in [0, 0.1) is 6.92 Å². The standard InChI is InChI=1S/C21H17N5O4S/c1-13-22-18(12-31-13)14-5-4-6-15(9-14)23-19(27)11-30-20(28)10-26-21(29)16-7-2-3-8-17(16)24-25-26/h2-9,12H,10-11H2,1H3,(H,23,27). The summed E-state index contributed by atoms with van der Waals surface area (Å²) in [6, 6.07) is 13.9. The summed E-state index contributed by atoms with van der Waals surface area (Å²) in [4.78, 5) is 41.0. The van der Waals surface area contributed by atoms with Gasteiger partial charge in [0.2, 0.25) is 0 Å². The second-order valence-corrected chi connectivity index (χ2v) is 7.67. The second kappa shape index (κ2) is 8.84. The Morgan fingerprint density at radius 1 is 1.16 bits per heavy atom. The molecule has 156 valence electrons. The number of anilines is 1. The maximum Gasteiger partial charge on any atom is 0.328 e. The van der Waals surface area contributed by atoms with Crippen LogP contribution >= 0.6 is 11.3 Å². The van der Waals surface area contributed by atoms with E-state index in [1.165, 1.54) is 0 Å². The number of nitrogens with one attached hydrogen (secondary N) is 1. The molecule has 4 aromatic rings. The fourth-order valence-electron chi connectivity index (χ4n) is 2.89. The largest absolute Gasteiger partial charge is 0.454 e. The minimum Gasteiger partial charge on any atom is -0.454 e. The molecule has 0 saturated heterocycles. The van der Waals surface area contributed by atoms with Crippen molar-refractivity contribution in [2.45, 2.75) is 13.5 Å². The molecule has 0 aliphatic rings. The van der Waals surface area contributed by atoms with Crippen molar-refractivity contribution in [3.8, 4) is 11.3 Å². The number of esters is 1. The van der Waals surface area contributed by atoms with Crippen molar-refractivity contribution in [2.24, 2.45) is 0 Å². The Labute approximate surface area is 180 Å². The molecule has 0 aliphatic heterocycles. The van der Waals surface area contributed by atoms with Crippen LogP contribution in [0.2, 0.25) is 0 Å². The predicted molar refractivity (Wildman–Crippen MR) is 116 cm³/mol. The molecule has 0 unspecified atom stereocenters. The van der Waals surface area contributed by atoms with Gasteiger partial charge in [0.1, 0.15) is 12.1 Å². The molecular formula is C21H17N5O4S. The third kappa shape index (κ3) is 4.81. The lowest BCUT2D eigenvalue weighted by molar-refractivity contribution is -0.148. The Morgan fingerprint density at radius 3 is 2.81 bits per heavy atom. The van der Waals surface area contributed by atoms with Crippen LogP contribution in [0.4, 0.5) is 5.69 Å². The van der Waals surface area contributed by atoms with Crippen LogP contribution in [0.15, 0.2) is 58.7 Å². The molecule has 31 heavy (non-hydrogen) atoms. The highest BCUT2D eigenvalue weighted by atomic mass is 32.1. The third-order valence-electron chi connectivity index (χ3n) is 4.33. The molecule has 2 aromatic carbocycles. The van der Waals surface area contributed by atoms with E-state index in [1.54, 1.807) is 53.8 Å². The summed E-state index contributed by atoms with van der Waals surface area (Å²) in [5.74, 6) is -1.27. The molecule has 2 aromatic heterocycles. The summed E-state index contributed by atoms with van der Waals surface area (Å²) < 4.78 is 5.88. The van der Waals surface area contributed by atoms with E-state index >= 15 is 0 Å². The number of thiazole rings is 1. The minimum absolute atomic E-state index is 0.346. The van der Waals surface area contributed by atoms with Crippen LogP contribution in [-0.4, -0.2) is 38.5 Å². The van der Waals surface area contributed by atoms with Crippen molar-refractivity contribution in [1.29, 1.82) is 0 Å². The van der Waals surface area contributed by atoms with Gasteiger partial charge in [-0.1, -0.05) is 29.5 Å². The van der Waals surface area contributed by atoms with Gasteiger partial charge in [-0.2, -0.15) is 4.68 Å². The molecule has 0 bridgehead atoms. The Bertz CT molecular complexity index is 1330. The molecular weight excluding hydrogens is 418 g/mol. The molecule has 10 heteroatoms. The molecule has 0 spiro atoms. The molecule has 0 fully saturated rings. The monoisotopic (exact) mass is 435 g/mol. The molecule has 0 atom stereocenters. The van der Waals surface area contributed by atoms with Crippen LogP contribution in [0.1, 0.15) is 5.01 Å². The maximum absolute atomic E-state index is 12.4. The van der Waals surface area contributed by atoms with Crippen molar-refractivity contribution in [1.82, 2.24) is 20.0 Å². The third-order valence-corrected chi connectivity index (χ3v) is 5.11. The number of carbonyl (C=O) groups is 2. The van der Waals surface area contributed by atoms with E-state index in [1.807, 2.05) is 18.4 Å². The average Bonchev–Trinajstić information content (AvgIpc) is 3.21. The lowest BCUT2D eigenvalue weighted by Crippen LogP contribution is -2.30. The van der Waals surface area contributed by atoms with Gasteiger partial charge < -0.3 is 10.1 Å². The lowest BCUT2D eigenvalue weighted by atomic mass is 10.1. The summed E-state index contributed by atoms with van der Waals surface area (Å²) in [6.07, 6.45) is 0. The fourth-order valence-corrected chi connectivity index (χ4v) is 3.51. The van der Waals surface area contributed by atoms with Gasteiger partial charge in [0.05, 0.1) is 16.1 Å². The molecule has 0 aliphatic carbocycles. The second-order valence-electron chi connectivity index (χ2n) is 6.61. The van der Waals surface area contributed by atoms with Gasteiger partial charge in [0.15, 0.2) is 6.61 Å². The molecule has 1 N–H and O–H groups in total. The molecule has 1 amide bonds. The van der Waals surface area contributed by atoms with Gasteiger partial charge in [-0.05, 0) is 31.2 Å². The molecule has 0 saturated carbocycles. The van der Waals surface area contributed by atoms with E-state index < -0.39 is 30.6 Å². The number of nitrogens with zero attached hydrogens (tertiary/aromatic N) is 4. The molecule has 0 radical (unpaired) electrons. The predicted octanol–water partition coefficient (Wildman–Crippen LogP) is 2.41. The summed E-state index contributed by atoms with van der Waals surface area (Å²) in [5, 5.41) is 13.5. The number of rotatable bonds is 6. The Balaban J connectivity index is 1.34. The zero-order chi connectivity index (χ0) is 21.8. The molecule has 9 nitrogen and oxygen atoms in total. The number of amides is 1. The fraction of sp³-hybridized carbons (Fsp3) is 0.143. The summed E-state index contributed by atoms with van der Waals surface area (Å²) >= 11 is 1.54. The van der Waals surface area contributed by atoms with Crippen molar-refractivity contribution in [3.63, 3.8) is 0 Å². The zero-order valence-corrected chi connectivity index (χ0v) is 17.3. The van der Waals surface area contributed by atoms with Crippen LogP contribution < -0.4 is 10.9 Å². The zero-order valence-electron chi connectivity index (χ0n) is 16.4. The van der Waals surface area contributed by atoms with Gasteiger partial charge in [-0.3, -0.25) is 14.4 Å². The lowest BCUT2D eigenvalue weighted by Gasteiger charge is -2.08. The first-order valence-electron chi connectivity index (χ1n) is 9.30. The molecule has 2 heterocycles. The highest BCUT2D eigenvalue weighted by Gasteiger charge is 2.13. The van der Waals surface area contributed by atoms with Crippen LogP contribution in [-0.2, 0) is 20.9 Å². The van der Waals surface area contributed by atoms with Gasteiger partial charge >= 0.3 is 5.97 Å². The first kappa shape index (κ1) is 20.4. The topological polar surface area (TPSA) is 116 Å². The Hall–Kier alpha value is -3.92. The molecule has 4 rings (SSSR count). The van der Waals surface area contributed by atoms with Gasteiger partial charge in [-0.15, -0.1) is 16.4 Å². The van der Waals surface area contributed by atoms with Crippen LogP contribution in [0.25, 0.3) is 22.2 Å². The highest BCUT2D eigenvalue weighted by molar-refractivity contribution is 7.09. The Kier molecular flexibility index (Phi) is 5.80. The average molecular weight is 435 g/mol. The van der Waals surface area contributed by atoms with E-state index in [2.05, 4.69) is 20.6 Å². The number of aromatic nitrogens is 4. The smallest absolute Gasteiger partial charge is 0.328 e. The first-order valence-corrected chi connectivity index (χ1v) is 10.2. The van der Waals surface area contributed by atoms with E-state index in [0.717, 1.165) is 20.9 Å². The summed E-state index contributed by atoms with van der Waals surface area (Å²) in [7, 11) is 0. The quantitative estimate of drug-likeness (QED) is 0.462. The van der Waals surface area contributed by atoms with Crippen molar-refractivity contribution in [2.75, 3.05) is 11.9 Å². The van der Waals surface area contributed by atoms with Crippen molar-refractivity contribution in [3.05, 3.63) is 69.3 Å². The summed E-state index contributed by atoms with van der Waals surface area (Å²) in [6.45, 7) is 0.989. The van der Waals surface area contributed by atoms with Gasteiger partial charge in [0, 0.05) is 16.6 Å². The number of fused-ring (bicyclic) bond motifs is 1. The van der Waals surface area contributed by atoms with E-state index in [-0.39, 0.29) is 0 Å². The first-order chi connectivity index (χ1) is 15.0. The van der Waals surface area contributed by atoms with Crippen LogP contribution in [0.3, 0.4) is 0 Å².